The minimum atomic E-state index is -0.399. The van der Waals surface area contributed by atoms with E-state index < -0.39 is 5.97 Å². The molecule has 0 aromatic rings. The lowest BCUT2D eigenvalue weighted by molar-refractivity contribution is -0.146. The summed E-state index contributed by atoms with van der Waals surface area (Å²) in [5.41, 5.74) is 0. The number of hydrogen-bond acceptors (Lipinski definition) is 13. The Balaban J connectivity index is 0.000000480. The zero-order chi connectivity index (χ0) is 35.6. The fourth-order valence-electron chi connectivity index (χ4n) is 4.35. The number of amides is 5. The first-order valence-electron chi connectivity index (χ1n) is 16.5. The normalized spacial score (nSPS) is 14.3. The van der Waals surface area contributed by atoms with Gasteiger partial charge < -0.3 is 29.0 Å². The number of ether oxygens (including phenoxy) is 5. The van der Waals surface area contributed by atoms with E-state index in [2.05, 4.69) is 5.32 Å². The Hall–Kier alpha value is -3.60. The summed E-state index contributed by atoms with van der Waals surface area (Å²) in [6, 6.07) is 0. The molecular formula is C32H51N3O13. The second-order valence-corrected chi connectivity index (χ2v) is 10.7. The van der Waals surface area contributed by atoms with E-state index in [1.807, 2.05) is 13.8 Å². The molecule has 2 aliphatic heterocycles. The molecule has 2 rings (SSSR count). The number of likely N-dealkylation sites (tertiary alicyclic amines) is 2. The summed E-state index contributed by atoms with van der Waals surface area (Å²) < 4.78 is 25.6. The third-order valence-corrected chi connectivity index (χ3v) is 6.89. The first-order valence-corrected chi connectivity index (χ1v) is 16.5. The molecule has 0 radical (unpaired) electrons. The van der Waals surface area contributed by atoms with Crippen LogP contribution in [0.25, 0.3) is 0 Å². The van der Waals surface area contributed by atoms with Gasteiger partial charge in [0.15, 0.2) is 11.6 Å². The van der Waals surface area contributed by atoms with Crippen LogP contribution in [0.4, 0.5) is 0 Å². The molecule has 5 amide bonds. The predicted molar refractivity (Wildman–Crippen MR) is 168 cm³/mol. The largest absolute Gasteiger partial charge is 0.463 e. The third kappa shape index (κ3) is 19.9. The van der Waals surface area contributed by atoms with E-state index in [1.165, 1.54) is 0 Å². The van der Waals surface area contributed by atoms with E-state index in [-0.39, 0.29) is 112 Å². The summed E-state index contributed by atoms with van der Waals surface area (Å²) >= 11 is 0. The molecule has 2 heterocycles. The van der Waals surface area contributed by atoms with Gasteiger partial charge in [-0.3, -0.25) is 48.2 Å². The van der Waals surface area contributed by atoms with Crippen LogP contribution in [0.3, 0.4) is 0 Å². The standard InChI is InChI=1S/C16H26N2O6.C16H25NO7/c1-2-23-10-11-24-9-8-17-14(20)5-3-4-13(19)12-18-15(21)6-7-16(18)22;1-2-22-8-9-23-10-11-24-16(21)5-3-4-13(18)12-17-14(19)6-7-15(17)20/h2-12H2,1H3,(H,17,20);2-12H2,1H3. The Kier molecular flexibility index (Phi) is 23.3. The van der Waals surface area contributed by atoms with Crippen LogP contribution in [0.2, 0.25) is 0 Å². The molecule has 1 N–H and O–H groups in total. The zero-order valence-corrected chi connectivity index (χ0v) is 28.3. The fourth-order valence-corrected chi connectivity index (χ4v) is 4.35. The Morgan fingerprint density at radius 1 is 0.562 bits per heavy atom. The number of nitrogens with one attached hydrogen (secondary N) is 1. The molecule has 16 heteroatoms. The van der Waals surface area contributed by atoms with E-state index in [9.17, 15) is 38.4 Å². The summed E-state index contributed by atoms with van der Waals surface area (Å²) in [5.74, 6) is -2.19. The third-order valence-electron chi connectivity index (χ3n) is 6.89. The fraction of sp³-hybridized carbons (Fsp3) is 0.750. The number of hydrogen-bond donors (Lipinski definition) is 1. The van der Waals surface area contributed by atoms with Gasteiger partial charge in [0.1, 0.15) is 6.61 Å². The van der Waals surface area contributed by atoms with Gasteiger partial charge in [-0.25, -0.2) is 0 Å². The molecule has 0 aromatic heterocycles. The van der Waals surface area contributed by atoms with Crippen molar-refractivity contribution in [1.29, 1.82) is 0 Å². The van der Waals surface area contributed by atoms with Gasteiger partial charge in [0, 0.05) is 71.1 Å². The van der Waals surface area contributed by atoms with Crippen molar-refractivity contribution in [3.8, 4) is 0 Å². The first-order chi connectivity index (χ1) is 23.1. The van der Waals surface area contributed by atoms with Crippen LogP contribution in [-0.2, 0) is 62.0 Å². The molecule has 0 aliphatic carbocycles. The highest BCUT2D eigenvalue weighted by molar-refractivity contribution is 6.05. The number of imide groups is 2. The predicted octanol–water partition coefficient (Wildman–Crippen LogP) is 0.515. The van der Waals surface area contributed by atoms with Crippen molar-refractivity contribution in [2.24, 2.45) is 0 Å². The molecular weight excluding hydrogens is 634 g/mol. The van der Waals surface area contributed by atoms with Gasteiger partial charge in [0.2, 0.25) is 29.5 Å². The van der Waals surface area contributed by atoms with Crippen LogP contribution in [0.5, 0.6) is 0 Å². The smallest absolute Gasteiger partial charge is 0.305 e. The maximum atomic E-state index is 11.7. The van der Waals surface area contributed by atoms with E-state index in [0.29, 0.717) is 72.2 Å². The molecule has 2 aliphatic rings. The number of nitrogens with zero attached hydrogens (tertiary/aromatic N) is 2. The van der Waals surface area contributed by atoms with Gasteiger partial charge in [-0.2, -0.15) is 0 Å². The average molecular weight is 686 g/mol. The Morgan fingerprint density at radius 3 is 1.46 bits per heavy atom. The summed E-state index contributed by atoms with van der Waals surface area (Å²) in [4.78, 5) is 94.1. The molecule has 0 spiro atoms. The molecule has 0 unspecified atom stereocenters. The molecule has 0 saturated carbocycles. The summed E-state index contributed by atoms with van der Waals surface area (Å²) in [5, 5.41) is 2.70. The van der Waals surface area contributed by atoms with Crippen molar-refractivity contribution in [2.45, 2.75) is 78.1 Å². The molecule has 0 atom stereocenters. The lowest BCUT2D eigenvalue weighted by atomic mass is 10.1. The van der Waals surface area contributed by atoms with Crippen molar-refractivity contribution in [3.63, 3.8) is 0 Å². The van der Waals surface area contributed by atoms with E-state index in [0.717, 1.165) is 9.80 Å². The van der Waals surface area contributed by atoms with Crippen molar-refractivity contribution in [1.82, 2.24) is 15.1 Å². The van der Waals surface area contributed by atoms with Gasteiger partial charge in [0.05, 0.1) is 52.7 Å². The minimum Gasteiger partial charge on any atom is -0.463 e. The molecule has 272 valence electrons. The van der Waals surface area contributed by atoms with Gasteiger partial charge in [0.25, 0.3) is 0 Å². The molecule has 16 nitrogen and oxygen atoms in total. The highest BCUT2D eigenvalue weighted by atomic mass is 16.6. The number of esters is 1. The summed E-state index contributed by atoms with van der Waals surface area (Å²) in [6.45, 7) is 8.00. The van der Waals surface area contributed by atoms with Crippen molar-refractivity contribution < 1.29 is 62.0 Å². The minimum absolute atomic E-state index is 0.118. The topological polar surface area (TPSA) is 201 Å². The Bertz CT molecular complexity index is 952. The Morgan fingerprint density at radius 2 is 0.979 bits per heavy atom. The van der Waals surface area contributed by atoms with Crippen LogP contribution < -0.4 is 5.32 Å². The summed E-state index contributed by atoms with van der Waals surface area (Å²) in [7, 11) is 0. The number of carbonyl (C=O) groups is 8. The quantitative estimate of drug-likeness (QED) is 0.0751. The second kappa shape index (κ2) is 26.4. The highest BCUT2D eigenvalue weighted by Gasteiger charge is 2.31. The van der Waals surface area contributed by atoms with Crippen molar-refractivity contribution in [2.75, 3.05) is 79.1 Å². The van der Waals surface area contributed by atoms with Crippen LogP contribution in [0, 0.1) is 0 Å². The van der Waals surface area contributed by atoms with Gasteiger partial charge in [-0.05, 0) is 26.7 Å². The number of carbonyl (C=O) groups excluding carboxylic acids is 8. The SMILES string of the molecule is CCOCCOCCNC(=O)CCCC(=O)CN1C(=O)CCC1=O.CCOCCOCCOC(=O)CCCC(=O)CN1C(=O)CCC1=O. The van der Waals surface area contributed by atoms with Crippen LogP contribution in [0.1, 0.15) is 78.1 Å². The van der Waals surface area contributed by atoms with Crippen molar-refractivity contribution >= 4 is 47.1 Å². The van der Waals surface area contributed by atoms with Gasteiger partial charge >= 0.3 is 5.97 Å². The van der Waals surface area contributed by atoms with Crippen LogP contribution >= 0.6 is 0 Å². The lowest BCUT2D eigenvalue weighted by Crippen LogP contribution is -2.34. The number of Topliss-reactive ketones (excluding diaryl/α,β-unsaturated/α-hetero) is 2. The highest BCUT2D eigenvalue weighted by Crippen LogP contribution is 2.13. The molecule has 2 fully saturated rings. The van der Waals surface area contributed by atoms with Gasteiger partial charge in [-0.1, -0.05) is 0 Å². The first kappa shape index (κ1) is 42.4. The van der Waals surface area contributed by atoms with Crippen LogP contribution in [-0.4, -0.2) is 136 Å². The molecule has 2 saturated heterocycles. The van der Waals surface area contributed by atoms with Gasteiger partial charge in [-0.15, -0.1) is 0 Å². The average Bonchev–Trinajstić information content (AvgIpc) is 3.54. The molecule has 0 aromatic carbocycles. The summed E-state index contributed by atoms with van der Waals surface area (Å²) in [6.07, 6.45) is 2.09. The van der Waals surface area contributed by atoms with Crippen LogP contribution in [0.15, 0.2) is 0 Å². The Labute approximate surface area is 281 Å². The van der Waals surface area contributed by atoms with Crippen molar-refractivity contribution in [3.05, 3.63) is 0 Å². The van der Waals surface area contributed by atoms with E-state index in [4.69, 9.17) is 23.7 Å². The van der Waals surface area contributed by atoms with E-state index in [1.54, 1.807) is 0 Å². The monoisotopic (exact) mass is 685 g/mol. The number of ketones is 2. The molecule has 48 heavy (non-hydrogen) atoms. The second-order valence-electron chi connectivity index (χ2n) is 10.7. The lowest BCUT2D eigenvalue weighted by Gasteiger charge is -2.12. The maximum absolute atomic E-state index is 11.7. The number of rotatable bonds is 26. The maximum Gasteiger partial charge on any atom is 0.305 e. The molecule has 0 bridgehead atoms. The van der Waals surface area contributed by atoms with E-state index >= 15 is 0 Å². The zero-order valence-electron chi connectivity index (χ0n) is 28.3.